The van der Waals surface area contributed by atoms with E-state index in [1.54, 1.807) is 26.2 Å². The fraction of sp³-hybridized carbons (Fsp3) is 0.250. The molecule has 4 N–H and O–H groups in total. The Labute approximate surface area is 123 Å². The fourth-order valence-corrected chi connectivity index (χ4v) is 2.24. The van der Waals surface area contributed by atoms with Gasteiger partial charge in [-0.05, 0) is 37.1 Å². The lowest BCUT2D eigenvalue weighted by Crippen LogP contribution is -2.33. The fourth-order valence-electron chi connectivity index (χ4n) is 2.24. The number of nitrogens with zero attached hydrogens (tertiary/aromatic N) is 1. The van der Waals surface area contributed by atoms with Crippen molar-refractivity contribution < 1.29 is 9.53 Å². The van der Waals surface area contributed by atoms with E-state index < -0.39 is 11.7 Å². The standard InChI is InChI=1S/C16H19N3O2/c1-16(2,21-15(18)20)9-12-6-5-11(8-14(12)17)13-4-3-7-19-10-13/h3-8,10H,9,17H2,1-2H3,(H2,18,20). The van der Waals surface area contributed by atoms with Crippen molar-refractivity contribution in [3.8, 4) is 11.1 Å². The second kappa shape index (κ2) is 5.83. The van der Waals surface area contributed by atoms with Crippen molar-refractivity contribution in [2.75, 3.05) is 5.73 Å². The smallest absolute Gasteiger partial charge is 0.405 e. The largest absolute Gasteiger partial charge is 0.443 e. The van der Waals surface area contributed by atoms with Crippen LogP contribution in [0.3, 0.4) is 0 Å². The first-order valence-corrected chi connectivity index (χ1v) is 6.65. The zero-order valence-corrected chi connectivity index (χ0v) is 12.2. The van der Waals surface area contributed by atoms with Crippen LogP contribution in [0.4, 0.5) is 10.5 Å². The number of primary amides is 1. The minimum Gasteiger partial charge on any atom is -0.443 e. The maximum absolute atomic E-state index is 10.9. The van der Waals surface area contributed by atoms with Gasteiger partial charge in [0.1, 0.15) is 5.60 Å². The normalized spacial score (nSPS) is 11.1. The number of anilines is 1. The molecule has 0 spiro atoms. The van der Waals surface area contributed by atoms with Crippen LogP contribution in [0.25, 0.3) is 11.1 Å². The van der Waals surface area contributed by atoms with Crippen LogP contribution < -0.4 is 11.5 Å². The molecular formula is C16H19N3O2. The molecule has 0 bridgehead atoms. The Morgan fingerprint density at radius 3 is 2.62 bits per heavy atom. The lowest BCUT2D eigenvalue weighted by atomic mass is 9.95. The predicted molar refractivity (Wildman–Crippen MR) is 82.5 cm³/mol. The Morgan fingerprint density at radius 2 is 2.05 bits per heavy atom. The van der Waals surface area contributed by atoms with Crippen LogP contribution in [0, 0.1) is 0 Å². The van der Waals surface area contributed by atoms with E-state index in [4.69, 9.17) is 16.2 Å². The maximum Gasteiger partial charge on any atom is 0.405 e. The van der Waals surface area contributed by atoms with Gasteiger partial charge in [0, 0.05) is 30.1 Å². The molecule has 0 radical (unpaired) electrons. The van der Waals surface area contributed by atoms with Gasteiger partial charge in [-0.15, -0.1) is 0 Å². The summed E-state index contributed by atoms with van der Waals surface area (Å²) in [5.74, 6) is 0. The molecule has 5 nitrogen and oxygen atoms in total. The minimum atomic E-state index is -0.787. The van der Waals surface area contributed by atoms with Crippen LogP contribution in [0.2, 0.25) is 0 Å². The Kier molecular flexibility index (Phi) is 4.12. The highest BCUT2D eigenvalue weighted by molar-refractivity contribution is 5.68. The van der Waals surface area contributed by atoms with Gasteiger partial charge in [-0.25, -0.2) is 4.79 Å². The number of ether oxygens (including phenoxy) is 1. The van der Waals surface area contributed by atoms with E-state index in [1.807, 2.05) is 30.3 Å². The molecule has 2 aromatic rings. The average molecular weight is 285 g/mol. The summed E-state index contributed by atoms with van der Waals surface area (Å²) in [6, 6.07) is 9.66. The van der Waals surface area contributed by atoms with Crippen LogP contribution >= 0.6 is 0 Å². The van der Waals surface area contributed by atoms with Crippen LogP contribution in [-0.4, -0.2) is 16.7 Å². The van der Waals surface area contributed by atoms with E-state index >= 15 is 0 Å². The molecule has 2 rings (SSSR count). The first kappa shape index (κ1) is 14.8. The zero-order chi connectivity index (χ0) is 15.5. The third-order valence-corrected chi connectivity index (χ3v) is 3.13. The number of carbonyl (C=O) groups is 1. The van der Waals surface area contributed by atoms with E-state index in [-0.39, 0.29) is 0 Å². The molecule has 1 aromatic carbocycles. The number of pyridine rings is 1. The van der Waals surface area contributed by atoms with Crippen LogP contribution in [-0.2, 0) is 11.2 Å². The highest BCUT2D eigenvalue weighted by Gasteiger charge is 2.23. The molecule has 0 atom stereocenters. The number of rotatable bonds is 4. The topological polar surface area (TPSA) is 91.2 Å². The van der Waals surface area contributed by atoms with Gasteiger partial charge in [0.15, 0.2) is 0 Å². The highest BCUT2D eigenvalue weighted by Crippen LogP contribution is 2.26. The number of hydrogen-bond acceptors (Lipinski definition) is 4. The summed E-state index contributed by atoms with van der Waals surface area (Å²) in [5.41, 5.74) is 14.0. The van der Waals surface area contributed by atoms with E-state index in [0.29, 0.717) is 12.1 Å². The van der Waals surface area contributed by atoms with Gasteiger partial charge in [0.25, 0.3) is 0 Å². The van der Waals surface area contributed by atoms with Gasteiger partial charge < -0.3 is 16.2 Å². The Morgan fingerprint density at radius 1 is 1.29 bits per heavy atom. The van der Waals surface area contributed by atoms with E-state index in [0.717, 1.165) is 16.7 Å². The molecular weight excluding hydrogens is 266 g/mol. The van der Waals surface area contributed by atoms with Crippen molar-refractivity contribution in [2.24, 2.45) is 5.73 Å². The van der Waals surface area contributed by atoms with Gasteiger partial charge in [-0.3, -0.25) is 4.98 Å². The van der Waals surface area contributed by atoms with Crippen molar-refractivity contribution in [3.63, 3.8) is 0 Å². The number of aromatic nitrogens is 1. The summed E-state index contributed by atoms with van der Waals surface area (Å²) in [6.45, 7) is 3.60. The molecule has 1 heterocycles. The molecule has 0 aliphatic rings. The first-order valence-electron chi connectivity index (χ1n) is 6.65. The predicted octanol–water partition coefficient (Wildman–Crippen LogP) is 2.75. The number of nitrogens with two attached hydrogens (primary N) is 2. The van der Waals surface area contributed by atoms with Crippen molar-refractivity contribution >= 4 is 11.8 Å². The summed E-state index contributed by atoms with van der Waals surface area (Å²) in [4.78, 5) is 15.0. The van der Waals surface area contributed by atoms with E-state index in [1.165, 1.54) is 0 Å². The molecule has 0 saturated heterocycles. The van der Waals surface area contributed by atoms with E-state index in [2.05, 4.69) is 4.98 Å². The van der Waals surface area contributed by atoms with Gasteiger partial charge in [-0.1, -0.05) is 18.2 Å². The average Bonchev–Trinajstić information content (AvgIpc) is 2.40. The van der Waals surface area contributed by atoms with Gasteiger partial charge in [0.2, 0.25) is 0 Å². The van der Waals surface area contributed by atoms with Gasteiger partial charge in [0.05, 0.1) is 0 Å². The Hall–Kier alpha value is -2.56. The number of amides is 1. The number of hydrogen-bond donors (Lipinski definition) is 2. The third kappa shape index (κ3) is 3.95. The molecule has 21 heavy (non-hydrogen) atoms. The van der Waals surface area contributed by atoms with Gasteiger partial charge in [-0.2, -0.15) is 0 Å². The quantitative estimate of drug-likeness (QED) is 0.845. The molecule has 0 aliphatic carbocycles. The maximum atomic E-state index is 10.9. The Bertz CT molecular complexity index is 639. The zero-order valence-electron chi connectivity index (χ0n) is 12.2. The monoisotopic (exact) mass is 285 g/mol. The highest BCUT2D eigenvalue weighted by atomic mass is 16.6. The van der Waals surface area contributed by atoms with Crippen LogP contribution in [0.15, 0.2) is 42.7 Å². The van der Waals surface area contributed by atoms with Gasteiger partial charge >= 0.3 is 6.09 Å². The summed E-state index contributed by atoms with van der Waals surface area (Å²) >= 11 is 0. The SMILES string of the molecule is CC(C)(Cc1ccc(-c2cccnc2)cc1N)OC(N)=O. The molecule has 110 valence electrons. The van der Waals surface area contributed by atoms with Crippen LogP contribution in [0.5, 0.6) is 0 Å². The van der Waals surface area contributed by atoms with Crippen molar-refractivity contribution in [1.29, 1.82) is 0 Å². The molecule has 0 aliphatic heterocycles. The van der Waals surface area contributed by atoms with E-state index in [9.17, 15) is 4.79 Å². The Balaban J connectivity index is 2.22. The lowest BCUT2D eigenvalue weighted by Gasteiger charge is -2.24. The van der Waals surface area contributed by atoms with Crippen LogP contribution in [0.1, 0.15) is 19.4 Å². The summed E-state index contributed by atoms with van der Waals surface area (Å²) in [5, 5.41) is 0. The number of carbonyl (C=O) groups excluding carboxylic acids is 1. The lowest BCUT2D eigenvalue weighted by molar-refractivity contribution is 0.0461. The third-order valence-electron chi connectivity index (χ3n) is 3.13. The molecule has 0 fully saturated rings. The molecule has 0 saturated carbocycles. The molecule has 0 unspecified atom stereocenters. The molecule has 1 aromatic heterocycles. The summed E-state index contributed by atoms with van der Waals surface area (Å²) in [6.07, 6.45) is 3.22. The van der Waals surface area contributed by atoms with Crippen molar-refractivity contribution in [1.82, 2.24) is 4.98 Å². The summed E-state index contributed by atoms with van der Waals surface area (Å²) < 4.78 is 5.08. The minimum absolute atomic E-state index is 0.495. The second-order valence-corrected chi connectivity index (χ2v) is 5.51. The second-order valence-electron chi connectivity index (χ2n) is 5.51. The van der Waals surface area contributed by atoms with Crippen molar-refractivity contribution in [2.45, 2.75) is 25.9 Å². The first-order chi connectivity index (χ1) is 9.87. The molecule has 5 heteroatoms. The number of benzene rings is 1. The summed E-state index contributed by atoms with van der Waals surface area (Å²) in [7, 11) is 0. The van der Waals surface area contributed by atoms with Crippen molar-refractivity contribution in [3.05, 3.63) is 48.3 Å². The number of nitrogen functional groups attached to an aromatic ring is 1. The molecule has 1 amide bonds.